The van der Waals surface area contributed by atoms with Gasteiger partial charge in [0, 0.05) is 4.47 Å². The number of nitrogens with zero attached hydrogens (tertiary/aromatic N) is 1. The van der Waals surface area contributed by atoms with E-state index < -0.39 is 0 Å². The summed E-state index contributed by atoms with van der Waals surface area (Å²) in [6, 6.07) is 3.92. The molecule has 0 aliphatic heterocycles. The number of hydrogen-bond acceptors (Lipinski definition) is 3. The Labute approximate surface area is 99.1 Å². The molecule has 0 bridgehead atoms. The lowest BCUT2D eigenvalue weighted by atomic mass is 10.1. The molecule has 3 nitrogen and oxygen atoms in total. The van der Waals surface area contributed by atoms with Crippen LogP contribution in [-0.4, -0.2) is 22.7 Å². The average molecular weight is 273 g/mol. The van der Waals surface area contributed by atoms with Crippen LogP contribution in [0.5, 0.6) is 0 Å². The molecule has 1 aromatic rings. The number of hydrogen-bond donors (Lipinski definition) is 2. The first-order valence-electron chi connectivity index (χ1n) is 5.05. The molecule has 0 aliphatic carbocycles. The summed E-state index contributed by atoms with van der Waals surface area (Å²) in [6.45, 7) is 6.20. The van der Waals surface area contributed by atoms with Gasteiger partial charge in [-0.25, -0.2) is 4.98 Å². The molecule has 0 aliphatic rings. The van der Waals surface area contributed by atoms with Gasteiger partial charge in [-0.2, -0.15) is 0 Å². The number of nitrogens with one attached hydrogen (secondary N) is 1. The summed E-state index contributed by atoms with van der Waals surface area (Å²) < 4.78 is 0.998. The molecular formula is C11H17BrN2O. The number of rotatable bonds is 4. The Morgan fingerprint density at radius 2 is 2.13 bits per heavy atom. The SMILES string of the molecule is Cc1nc(NC(CO)C(C)C)ccc1Br. The van der Waals surface area contributed by atoms with E-state index in [4.69, 9.17) is 0 Å². The minimum absolute atomic E-state index is 0.0538. The van der Waals surface area contributed by atoms with Crippen LogP contribution >= 0.6 is 15.9 Å². The normalized spacial score (nSPS) is 12.9. The first-order valence-corrected chi connectivity index (χ1v) is 5.84. The molecule has 1 heterocycles. The van der Waals surface area contributed by atoms with Gasteiger partial charge in [0.25, 0.3) is 0 Å². The quantitative estimate of drug-likeness (QED) is 0.886. The maximum atomic E-state index is 9.18. The van der Waals surface area contributed by atoms with E-state index in [0.717, 1.165) is 16.0 Å². The molecule has 0 saturated heterocycles. The average Bonchev–Trinajstić information content (AvgIpc) is 2.19. The largest absolute Gasteiger partial charge is 0.394 e. The minimum atomic E-state index is 0.0538. The second kappa shape index (κ2) is 5.47. The summed E-state index contributed by atoms with van der Waals surface area (Å²) in [5.74, 6) is 1.18. The van der Waals surface area contributed by atoms with E-state index in [1.165, 1.54) is 0 Å². The van der Waals surface area contributed by atoms with Crippen LogP contribution in [0.25, 0.3) is 0 Å². The van der Waals surface area contributed by atoms with Crippen LogP contribution in [0.4, 0.5) is 5.82 Å². The Morgan fingerprint density at radius 3 is 2.60 bits per heavy atom. The topological polar surface area (TPSA) is 45.2 Å². The fraction of sp³-hybridized carbons (Fsp3) is 0.545. The molecule has 1 unspecified atom stereocenters. The molecular weight excluding hydrogens is 256 g/mol. The number of aryl methyl sites for hydroxylation is 1. The Morgan fingerprint density at radius 1 is 1.47 bits per heavy atom. The van der Waals surface area contributed by atoms with Gasteiger partial charge in [-0.15, -0.1) is 0 Å². The first-order chi connectivity index (χ1) is 7.04. The summed E-state index contributed by atoms with van der Waals surface area (Å²) >= 11 is 3.40. The molecule has 4 heteroatoms. The number of aromatic nitrogens is 1. The lowest BCUT2D eigenvalue weighted by molar-refractivity contribution is 0.249. The number of pyridine rings is 1. The second-order valence-electron chi connectivity index (χ2n) is 3.94. The van der Waals surface area contributed by atoms with Gasteiger partial charge in [0.1, 0.15) is 5.82 Å². The Kier molecular flexibility index (Phi) is 4.54. The molecule has 84 valence electrons. The van der Waals surface area contributed by atoms with Crippen molar-refractivity contribution in [2.75, 3.05) is 11.9 Å². The summed E-state index contributed by atoms with van der Waals surface area (Å²) in [4.78, 5) is 4.37. The highest BCUT2D eigenvalue weighted by Gasteiger charge is 2.12. The lowest BCUT2D eigenvalue weighted by Gasteiger charge is -2.20. The summed E-state index contributed by atoms with van der Waals surface area (Å²) in [7, 11) is 0. The van der Waals surface area contributed by atoms with E-state index in [2.05, 4.69) is 40.1 Å². The van der Waals surface area contributed by atoms with Crippen LogP contribution in [0.1, 0.15) is 19.5 Å². The molecule has 0 spiro atoms. The molecule has 0 saturated carbocycles. The number of anilines is 1. The van der Waals surface area contributed by atoms with Gasteiger partial charge in [-0.1, -0.05) is 13.8 Å². The third kappa shape index (κ3) is 3.47. The summed E-state index contributed by atoms with van der Waals surface area (Å²) in [6.07, 6.45) is 0. The standard InChI is InChI=1S/C11H17BrN2O/c1-7(2)10(6-15)14-11-5-4-9(12)8(3)13-11/h4-5,7,10,15H,6H2,1-3H3,(H,13,14). The number of aliphatic hydroxyl groups excluding tert-OH is 1. The van der Waals surface area contributed by atoms with Crippen molar-refractivity contribution in [1.82, 2.24) is 4.98 Å². The van der Waals surface area contributed by atoms with Crippen LogP contribution in [0, 0.1) is 12.8 Å². The van der Waals surface area contributed by atoms with Gasteiger partial charge in [0.05, 0.1) is 18.3 Å². The van der Waals surface area contributed by atoms with Gasteiger partial charge in [0.15, 0.2) is 0 Å². The predicted octanol–water partition coefficient (Wildman–Crippen LogP) is 2.58. The number of halogens is 1. The van der Waals surface area contributed by atoms with E-state index in [1.54, 1.807) is 0 Å². The fourth-order valence-corrected chi connectivity index (χ4v) is 1.46. The van der Waals surface area contributed by atoms with Gasteiger partial charge in [-0.05, 0) is 40.9 Å². The zero-order chi connectivity index (χ0) is 11.4. The van der Waals surface area contributed by atoms with Crippen molar-refractivity contribution in [3.05, 3.63) is 22.3 Å². The van der Waals surface area contributed by atoms with E-state index in [1.807, 2.05) is 19.1 Å². The van der Waals surface area contributed by atoms with E-state index in [-0.39, 0.29) is 12.6 Å². The Balaban J connectivity index is 2.75. The first kappa shape index (κ1) is 12.5. The van der Waals surface area contributed by atoms with Gasteiger partial charge in [0.2, 0.25) is 0 Å². The molecule has 0 fully saturated rings. The Hall–Kier alpha value is -0.610. The van der Waals surface area contributed by atoms with Crippen molar-refractivity contribution >= 4 is 21.7 Å². The molecule has 0 radical (unpaired) electrons. The van der Waals surface area contributed by atoms with E-state index in [9.17, 15) is 5.11 Å². The van der Waals surface area contributed by atoms with Gasteiger partial charge >= 0.3 is 0 Å². The second-order valence-corrected chi connectivity index (χ2v) is 4.80. The highest BCUT2D eigenvalue weighted by atomic mass is 79.9. The molecule has 1 atom stereocenters. The molecule has 1 aromatic heterocycles. The van der Waals surface area contributed by atoms with E-state index in [0.29, 0.717) is 5.92 Å². The van der Waals surface area contributed by atoms with Crippen molar-refractivity contribution in [3.63, 3.8) is 0 Å². The van der Waals surface area contributed by atoms with Crippen LogP contribution in [0.15, 0.2) is 16.6 Å². The van der Waals surface area contributed by atoms with Gasteiger partial charge in [-0.3, -0.25) is 0 Å². The molecule has 0 aromatic carbocycles. The third-order valence-electron chi connectivity index (χ3n) is 2.36. The van der Waals surface area contributed by atoms with Crippen molar-refractivity contribution in [2.24, 2.45) is 5.92 Å². The van der Waals surface area contributed by atoms with Crippen molar-refractivity contribution in [1.29, 1.82) is 0 Å². The predicted molar refractivity (Wildman–Crippen MR) is 66.0 cm³/mol. The molecule has 2 N–H and O–H groups in total. The highest BCUT2D eigenvalue weighted by Crippen LogP contribution is 2.17. The van der Waals surface area contributed by atoms with Crippen molar-refractivity contribution < 1.29 is 5.11 Å². The van der Waals surface area contributed by atoms with Crippen LogP contribution in [-0.2, 0) is 0 Å². The zero-order valence-corrected chi connectivity index (χ0v) is 10.9. The summed E-state index contributed by atoms with van der Waals surface area (Å²) in [5.41, 5.74) is 0.945. The van der Waals surface area contributed by atoms with Crippen molar-refractivity contribution in [2.45, 2.75) is 26.8 Å². The molecule has 1 rings (SSSR count). The summed E-state index contributed by atoms with van der Waals surface area (Å²) in [5, 5.41) is 12.4. The highest BCUT2D eigenvalue weighted by molar-refractivity contribution is 9.10. The molecule has 15 heavy (non-hydrogen) atoms. The molecule has 0 amide bonds. The fourth-order valence-electron chi connectivity index (χ4n) is 1.24. The smallest absolute Gasteiger partial charge is 0.126 e. The monoisotopic (exact) mass is 272 g/mol. The van der Waals surface area contributed by atoms with Crippen LogP contribution in [0.3, 0.4) is 0 Å². The van der Waals surface area contributed by atoms with Crippen molar-refractivity contribution in [3.8, 4) is 0 Å². The van der Waals surface area contributed by atoms with Crippen LogP contribution in [0.2, 0.25) is 0 Å². The maximum Gasteiger partial charge on any atom is 0.126 e. The van der Waals surface area contributed by atoms with Crippen LogP contribution < -0.4 is 5.32 Å². The lowest BCUT2D eigenvalue weighted by Crippen LogP contribution is -2.29. The zero-order valence-electron chi connectivity index (χ0n) is 9.29. The number of aliphatic hydroxyl groups is 1. The Bertz CT molecular complexity index is 328. The third-order valence-corrected chi connectivity index (χ3v) is 3.19. The maximum absolute atomic E-state index is 9.18. The minimum Gasteiger partial charge on any atom is -0.394 e. The van der Waals surface area contributed by atoms with Gasteiger partial charge < -0.3 is 10.4 Å². The van der Waals surface area contributed by atoms with E-state index >= 15 is 0 Å².